The Bertz CT molecular complexity index is 522. The number of hydrogen-bond acceptors (Lipinski definition) is 5. The topological polar surface area (TPSA) is 57.2 Å². The summed E-state index contributed by atoms with van der Waals surface area (Å²) >= 11 is 0. The van der Waals surface area contributed by atoms with Crippen LogP contribution < -0.4 is 4.74 Å². The molecule has 1 rings (SSSR count). The minimum Gasteiger partial charge on any atom is -0.497 e. The lowest BCUT2D eigenvalue weighted by atomic mass is 9.94. The maximum Gasteiger partial charge on any atom is 0.146 e. The van der Waals surface area contributed by atoms with Crippen molar-refractivity contribution in [2.75, 3.05) is 27.6 Å². The van der Waals surface area contributed by atoms with Gasteiger partial charge in [-0.3, -0.25) is 0 Å². The van der Waals surface area contributed by atoms with Crippen LogP contribution >= 0.6 is 0 Å². The molecule has 3 atom stereocenters. The molecule has 0 amide bonds. The normalized spacial score (nSPS) is 14.4. The van der Waals surface area contributed by atoms with Crippen molar-refractivity contribution in [3.05, 3.63) is 41.5 Å². The second-order valence-electron chi connectivity index (χ2n) is 7.18. The molecular weight excluding hydrogens is 344 g/mol. The van der Waals surface area contributed by atoms with E-state index in [0.29, 0.717) is 32.0 Å². The van der Waals surface area contributed by atoms with Gasteiger partial charge >= 0.3 is 0 Å². The first kappa shape index (κ1) is 23.6. The van der Waals surface area contributed by atoms with E-state index >= 15 is 0 Å². The Kier molecular flexibility index (Phi) is 12.0. The summed E-state index contributed by atoms with van der Waals surface area (Å²) in [6.07, 6.45) is 3.79. The number of benzene rings is 1. The Morgan fingerprint density at radius 2 is 1.85 bits per heavy atom. The fourth-order valence-corrected chi connectivity index (χ4v) is 2.71. The molecule has 0 unspecified atom stereocenters. The number of aliphatic hydroxyl groups is 1. The van der Waals surface area contributed by atoms with Crippen LogP contribution in [0.25, 0.3) is 0 Å². The molecule has 1 N–H and O–H groups in total. The molecule has 0 saturated carbocycles. The number of hydrogen-bond donors (Lipinski definition) is 1. The molecule has 5 heteroatoms. The van der Waals surface area contributed by atoms with Gasteiger partial charge in [-0.25, -0.2) is 0 Å². The molecule has 0 bridgehead atoms. The maximum absolute atomic E-state index is 10.4. The van der Waals surface area contributed by atoms with E-state index in [1.54, 1.807) is 14.2 Å². The molecule has 0 fully saturated rings. The SMILES string of the molecule is COCO[C@H](C[C@H](O)CCOCc1ccc(OC)cc1)[C@H](C)CC=C(C)C. The highest BCUT2D eigenvalue weighted by Crippen LogP contribution is 2.20. The molecular formula is C22H36O5. The average Bonchev–Trinajstić information content (AvgIpc) is 2.67. The van der Waals surface area contributed by atoms with Gasteiger partial charge < -0.3 is 24.1 Å². The van der Waals surface area contributed by atoms with Crippen molar-refractivity contribution in [2.45, 2.75) is 58.8 Å². The Labute approximate surface area is 164 Å². The van der Waals surface area contributed by atoms with E-state index in [9.17, 15) is 5.11 Å². The number of methoxy groups -OCH3 is 2. The van der Waals surface area contributed by atoms with Crippen molar-refractivity contribution < 1.29 is 24.1 Å². The molecule has 27 heavy (non-hydrogen) atoms. The molecule has 0 aliphatic rings. The Balaban J connectivity index is 2.36. The van der Waals surface area contributed by atoms with E-state index in [1.165, 1.54) is 5.57 Å². The Hall–Kier alpha value is -1.40. The summed E-state index contributed by atoms with van der Waals surface area (Å²) in [5.74, 6) is 1.14. The molecule has 0 spiro atoms. The fourth-order valence-electron chi connectivity index (χ4n) is 2.71. The van der Waals surface area contributed by atoms with E-state index in [0.717, 1.165) is 17.7 Å². The third kappa shape index (κ3) is 10.5. The van der Waals surface area contributed by atoms with Gasteiger partial charge in [0.2, 0.25) is 0 Å². The van der Waals surface area contributed by atoms with Gasteiger partial charge in [0.25, 0.3) is 0 Å². The predicted octanol–water partition coefficient (Wildman–Crippen LogP) is 4.33. The van der Waals surface area contributed by atoms with E-state index in [-0.39, 0.29) is 12.9 Å². The zero-order valence-corrected chi connectivity index (χ0v) is 17.4. The van der Waals surface area contributed by atoms with Gasteiger partial charge in [-0.1, -0.05) is 30.7 Å². The number of aliphatic hydroxyl groups excluding tert-OH is 1. The molecule has 154 valence electrons. The molecule has 1 aromatic carbocycles. The summed E-state index contributed by atoms with van der Waals surface area (Å²) in [6.45, 7) is 7.60. The van der Waals surface area contributed by atoms with Crippen LogP contribution in [-0.4, -0.2) is 44.9 Å². The lowest BCUT2D eigenvalue weighted by molar-refractivity contribution is -0.103. The van der Waals surface area contributed by atoms with Crippen molar-refractivity contribution in [2.24, 2.45) is 5.92 Å². The third-order valence-electron chi connectivity index (χ3n) is 4.46. The van der Waals surface area contributed by atoms with Gasteiger partial charge in [0.1, 0.15) is 12.5 Å². The van der Waals surface area contributed by atoms with Crippen LogP contribution in [0.3, 0.4) is 0 Å². The van der Waals surface area contributed by atoms with E-state index in [2.05, 4.69) is 26.8 Å². The van der Waals surface area contributed by atoms with Crippen LogP contribution in [-0.2, 0) is 20.8 Å². The highest BCUT2D eigenvalue weighted by Gasteiger charge is 2.21. The van der Waals surface area contributed by atoms with Crippen LogP contribution in [0.4, 0.5) is 0 Å². The Morgan fingerprint density at radius 1 is 1.15 bits per heavy atom. The van der Waals surface area contributed by atoms with Crippen molar-refractivity contribution in [3.8, 4) is 5.75 Å². The first-order chi connectivity index (χ1) is 13.0. The minimum atomic E-state index is -0.461. The van der Waals surface area contributed by atoms with Crippen LogP contribution in [0, 0.1) is 5.92 Å². The average molecular weight is 381 g/mol. The first-order valence-electron chi connectivity index (χ1n) is 9.58. The van der Waals surface area contributed by atoms with E-state index < -0.39 is 6.10 Å². The smallest absolute Gasteiger partial charge is 0.146 e. The highest BCUT2D eigenvalue weighted by molar-refractivity contribution is 5.26. The summed E-state index contributed by atoms with van der Waals surface area (Å²) in [5, 5.41) is 10.4. The lowest BCUT2D eigenvalue weighted by Gasteiger charge is -2.25. The molecule has 5 nitrogen and oxygen atoms in total. The largest absolute Gasteiger partial charge is 0.497 e. The Morgan fingerprint density at radius 3 is 2.44 bits per heavy atom. The summed E-state index contributed by atoms with van der Waals surface area (Å²) in [4.78, 5) is 0. The molecule has 0 aromatic heterocycles. The monoisotopic (exact) mass is 380 g/mol. The zero-order valence-electron chi connectivity index (χ0n) is 17.4. The molecule has 0 aliphatic heterocycles. The van der Waals surface area contributed by atoms with Gasteiger partial charge in [-0.05, 0) is 56.7 Å². The standard InChI is InChI=1S/C22H36O5/c1-17(2)6-7-18(3)22(27-16-24-4)14-20(23)12-13-26-15-19-8-10-21(25-5)11-9-19/h6,8-11,18,20,22-23H,7,12-16H2,1-5H3/t18-,20-,22-/m1/s1. The van der Waals surface area contributed by atoms with Crippen molar-refractivity contribution >= 4 is 0 Å². The van der Waals surface area contributed by atoms with Crippen LogP contribution in [0.15, 0.2) is 35.9 Å². The van der Waals surface area contributed by atoms with Gasteiger partial charge in [0.15, 0.2) is 0 Å². The van der Waals surface area contributed by atoms with Crippen LogP contribution in [0.5, 0.6) is 5.75 Å². The lowest BCUT2D eigenvalue weighted by Crippen LogP contribution is -2.28. The number of allylic oxidation sites excluding steroid dienone is 2. The first-order valence-corrected chi connectivity index (χ1v) is 9.58. The second kappa shape index (κ2) is 13.7. The summed E-state index contributed by atoms with van der Waals surface area (Å²) in [6, 6.07) is 7.79. The molecule has 0 radical (unpaired) electrons. The summed E-state index contributed by atoms with van der Waals surface area (Å²) in [7, 11) is 3.26. The van der Waals surface area contributed by atoms with Crippen molar-refractivity contribution in [1.29, 1.82) is 0 Å². The van der Waals surface area contributed by atoms with Gasteiger partial charge in [0, 0.05) is 13.7 Å². The third-order valence-corrected chi connectivity index (χ3v) is 4.46. The van der Waals surface area contributed by atoms with Gasteiger partial charge in [-0.15, -0.1) is 0 Å². The second-order valence-corrected chi connectivity index (χ2v) is 7.18. The number of ether oxygens (including phenoxy) is 4. The highest BCUT2D eigenvalue weighted by atomic mass is 16.7. The molecule has 0 aliphatic carbocycles. The predicted molar refractivity (Wildman–Crippen MR) is 108 cm³/mol. The van der Waals surface area contributed by atoms with Crippen LogP contribution in [0.2, 0.25) is 0 Å². The quantitative estimate of drug-likeness (QED) is 0.296. The van der Waals surface area contributed by atoms with Crippen LogP contribution in [0.1, 0.15) is 45.6 Å². The minimum absolute atomic E-state index is 0.0443. The van der Waals surface area contributed by atoms with Crippen molar-refractivity contribution in [1.82, 2.24) is 0 Å². The van der Waals surface area contributed by atoms with E-state index in [4.69, 9.17) is 18.9 Å². The van der Waals surface area contributed by atoms with Gasteiger partial charge in [-0.2, -0.15) is 0 Å². The zero-order chi connectivity index (χ0) is 20.1. The summed E-state index contributed by atoms with van der Waals surface area (Å²) in [5.41, 5.74) is 2.38. The fraction of sp³-hybridized carbons (Fsp3) is 0.636. The van der Waals surface area contributed by atoms with Gasteiger partial charge in [0.05, 0.1) is 25.9 Å². The number of rotatable bonds is 14. The maximum atomic E-state index is 10.4. The molecule has 0 saturated heterocycles. The summed E-state index contributed by atoms with van der Waals surface area (Å²) < 4.78 is 21.7. The van der Waals surface area contributed by atoms with E-state index in [1.807, 2.05) is 24.3 Å². The van der Waals surface area contributed by atoms with Crippen molar-refractivity contribution in [3.63, 3.8) is 0 Å². The molecule has 1 aromatic rings. The molecule has 0 heterocycles.